The Kier molecular flexibility index (Phi) is 3.98. The summed E-state index contributed by atoms with van der Waals surface area (Å²) in [7, 11) is 0. The first-order valence-corrected chi connectivity index (χ1v) is 9.69. The van der Waals surface area contributed by atoms with Gasteiger partial charge in [0.15, 0.2) is 10.9 Å². The molecule has 5 rings (SSSR count). The Morgan fingerprint density at radius 3 is 3.04 bits per heavy atom. The van der Waals surface area contributed by atoms with Crippen molar-refractivity contribution in [2.75, 3.05) is 11.9 Å². The molecule has 0 aliphatic carbocycles. The number of fused-ring (bicyclic) bond motifs is 2. The molecule has 1 aliphatic rings. The van der Waals surface area contributed by atoms with Crippen molar-refractivity contribution < 1.29 is 14.0 Å². The molecule has 7 nitrogen and oxygen atoms in total. The van der Waals surface area contributed by atoms with E-state index in [1.165, 1.54) is 17.6 Å². The van der Waals surface area contributed by atoms with Crippen molar-refractivity contribution in [3.63, 3.8) is 0 Å². The number of hydrogen-bond donors (Lipinski definition) is 2. The average Bonchev–Trinajstić information content (AvgIpc) is 3.45. The third-order valence-corrected chi connectivity index (χ3v) is 5.78. The van der Waals surface area contributed by atoms with Gasteiger partial charge in [-0.15, -0.1) is 0 Å². The predicted molar refractivity (Wildman–Crippen MR) is 106 cm³/mol. The van der Waals surface area contributed by atoms with E-state index in [-0.39, 0.29) is 17.6 Å². The van der Waals surface area contributed by atoms with Crippen LogP contribution in [0, 0.1) is 0 Å². The second-order valence-electron chi connectivity index (χ2n) is 6.58. The maximum Gasteiger partial charge on any atom is 0.293 e. The van der Waals surface area contributed by atoms with Crippen molar-refractivity contribution >= 4 is 39.2 Å². The Balaban J connectivity index is 1.32. The van der Waals surface area contributed by atoms with Crippen LogP contribution in [0.4, 0.5) is 5.13 Å². The largest absolute Gasteiger partial charge is 0.459 e. The molecule has 1 aromatic carbocycles. The normalized spacial score (nSPS) is 13.5. The second kappa shape index (κ2) is 6.65. The van der Waals surface area contributed by atoms with Crippen LogP contribution in [-0.4, -0.2) is 33.2 Å². The number of benzene rings is 1. The van der Waals surface area contributed by atoms with E-state index in [0.717, 1.165) is 21.5 Å². The number of nitrogens with one attached hydrogen (secondary N) is 2. The van der Waals surface area contributed by atoms with Crippen molar-refractivity contribution in [1.29, 1.82) is 0 Å². The summed E-state index contributed by atoms with van der Waals surface area (Å²) in [5.41, 5.74) is 2.62. The van der Waals surface area contributed by atoms with Crippen LogP contribution < -0.4 is 5.32 Å². The third kappa shape index (κ3) is 2.97. The fourth-order valence-electron chi connectivity index (χ4n) is 3.36. The number of rotatable bonds is 3. The number of anilines is 1. The molecule has 0 spiro atoms. The van der Waals surface area contributed by atoms with Crippen molar-refractivity contribution in [3.8, 4) is 0 Å². The Bertz CT molecular complexity index is 1180. The zero-order chi connectivity index (χ0) is 19.1. The first-order valence-electron chi connectivity index (χ1n) is 8.87. The van der Waals surface area contributed by atoms with Gasteiger partial charge in [-0.3, -0.25) is 14.9 Å². The fourth-order valence-corrected chi connectivity index (χ4v) is 4.38. The molecule has 4 aromatic rings. The van der Waals surface area contributed by atoms with Crippen LogP contribution in [0.15, 0.2) is 53.3 Å². The highest BCUT2D eigenvalue weighted by Gasteiger charge is 2.25. The van der Waals surface area contributed by atoms with Gasteiger partial charge >= 0.3 is 0 Å². The number of nitrogens with zero attached hydrogens (tertiary/aromatic N) is 2. The number of hydrogen-bond acceptors (Lipinski definition) is 5. The minimum Gasteiger partial charge on any atom is -0.459 e. The SMILES string of the molecule is O=C(Nc1nc2c(s1)CN(C(=O)c1ccc3[nH]ccc3c1)CC2)c1ccco1. The number of thiazole rings is 1. The van der Waals surface area contributed by atoms with Crippen LogP contribution in [0.1, 0.15) is 31.5 Å². The molecule has 0 bridgehead atoms. The molecule has 4 heterocycles. The molecule has 0 atom stereocenters. The molecular formula is C20H16N4O3S. The molecule has 140 valence electrons. The molecule has 0 saturated carbocycles. The summed E-state index contributed by atoms with van der Waals surface area (Å²) in [6.07, 6.45) is 3.98. The van der Waals surface area contributed by atoms with Gasteiger partial charge in [-0.25, -0.2) is 4.98 Å². The summed E-state index contributed by atoms with van der Waals surface area (Å²) in [6.45, 7) is 1.10. The number of carbonyl (C=O) groups excluding carboxylic acids is 2. The zero-order valence-corrected chi connectivity index (χ0v) is 15.6. The van der Waals surface area contributed by atoms with Crippen molar-refractivity contribution in [3.05, 3.63) is 70.8 Å². The van der Waals surface area contributed by atoms with Gasteiger partial charge in [0.2, 0.25) is 0 Å². The number of H-pyrrole nitrogens is 1. The first kappa shape index (κ1) is 16.8. The first-order chi connectivity index (χ1) is 13.7. The molecule has 8 heteroatoms. The lowest BCUT2D eigenvalue weighted by atomic mass is 10.1. The molecule has 0 fully saturated rings. The van der Waals surface area contributed by atoms with Crippen LogP contribution in [0.25, 0.3) is 10.9 Å². The highest BCUT2D eigenvalue weighted by Crippen LogP contribution is 2.29. The van der Waals surface area contributed by atoms with Gasteiger partial charge in [0.05, 0.1) is 18.5 Å². The Labute approximate surface area is 164 Å². The van der Waals surface area contributed by atoms with Crippen LogP contribution in [-0.2, 0) is 13.0 Å². The quantitative estimate of drug-likeness (QED) is 0.557. The van der Waals surface area contributed by atoms with E-state index in [1.807, 2.05) is 35.4 Å². The molecular weight excluding hydrogens is 376 g/mol. The Hall–Kier alpha value is -3.39. The van der Waals surface area contributed by atoms with Gasteiger partial charge in [0.1, 0.15) is 0 Å². The molecule has 1 aliphatic heterocycles. The standard InChI is InChI=1S/C20H16N4O3S/c25-18(16-2-1-9-27-16)23-20-22-15-6-8-24(11-17(15)28-20)19(26)13-3-4-14-12(10-13)5-7-21-14/h1-5,7,9-10,21H,6,8,11H2,(H,22,23,25). The van der Waals surface area contributed by atoms with Gasteiger partial charge in [-0.05, 0) is 36.4 Å². The maximum atomic E-state index is 12.9. The lowest BCUT2D eigenvalue weighted by molar-refractivity contribution is 0.0736. The van der Waals surface area contributed by atoms with Crippen molar-refractivity contribution in [2.24, 2.45) is 0 Å². The van der Waals surface area contributed by atoms with Crippen molar-refractivity contribution in [1.82, 2.24) is 14.9 Å². The van der Waals surface area contributed by atoms with E-state index < -0.39 is 0 Å². The second-order valence-corrected chi connectivity index (χ2v) is 7.66. The lowest BCUT2D eigenvalue weighted by Gasteiger charge is -2.26. The summed E-state index contributed by atoms with van der Waals surface area (Å²) in [5, 5.41) is 4.30. The van der Waals surface area contributed by atoms with Gasteiger partial charge in [0.25, 0.3) is 11.8 Å². The minimum absolute atomic E-state index is 0.00308. The van der Waals surface area contributed by atoms with E-state index in [4.69, 9.17) is 4.42 Å². The van der Waals surface area contributed by atoms with Gasteiger partial charge in [0, 0.05) is 40.5 Å². The molecule has 0 unspecified atom stereocenters. The van der Waals surface area contributed by atoms with Crippen LogP contribution >= 0.6 is 11.3 Å². The highest BCUT2D eigenvalue weighted by atomic mass is 32.1. The van der Waals surface area contributed by atoms with E-state index >= 15 is 0 Å². The van der Waals surface area contributed by atoms with Gasteiger partial charge in [-0.2, -0.15) is 0 Å². The minimum atomic E-state index is -0.330. The number of furan rings is 1. The predicted octanol–water partition coefficient (Wildman–Crippen LogP) is 3.67. The molecule has 0 radical (unpaired) electrons. The molecule has 0 saturated heterocycles. The molecule has 3 aromatic heterocycles. The highest BCUT2D eigenvalue weighted by molar-refractivity contribution is 7.15. The third-order valence-electron chi connectivity index (χ3n) is 4.78. The van der Waals surface area contributed by atoms with Crippen molar-refractivity contribution in [2.45, 2.75) is 13.0 Å². The van der Waals surface area contributed by atoms with Gasteiger partial charge in [-0.1, -0.05) is 11.3 Å². The summed E-state index contributed by atoms with van der Waals surface area (Å²) in [4.78, 5) is 35.5. The van der Waals surface area contributed by atoms with Crippen LogP contribution in [0.5, 0.6) is 0 Å². The zero-order valence-electron chi connectivity index (χ0n) is 14.8. The van der Waals surface area contributed by atoms with E-state index in [0.29, 0.717) is 30.2 Å². The van der Waals surface area contributed by atoms with Gasteiger partial charge < -0.3 is 14.3 Å². The Morgan fingerprint density at radius 2 is 2.18 bits per heavy atom. The molecule has 2 N–H and O–H groups in total. The number of aromatic amines is 1. The number of carbonyl (C=O) groups is 2. The monoisotopic (exact) mass is 392 g/mol. The summed E-state index contributed by atoms with van der Waals surface area (Å²) in [6, 6.07) is 10.9. The smallest absolute Gasteiger partial charge is 0.293 e. The Morgan fingerprint density at radius 1 is 1.25 bits per heavy atom. The maximum absolute atomic E-state index is 12.9. The van der Waals surface area contributed by atoms with Crippen LogP contribution in [0.3, 0.4) is 0 Å². The topological polar surface area (TPSA) is 91.2 Å². The number of amides is 2. The average molecular weight is 392 g/mol. The van der Waals surface area contributed by atoms with Crippen LogP contribution in [0.2, 0.25) is 0 Å². The summed E-state index contributed by atoms with van der Waals surface area (Å²) >= 11 is 1.40. The fraction of sp³-hybridized carbons (Fsp3) is 0.150. The summed E-state index contributed by atoms with van der Waals surface area (Å²) < 4.78 is 5.10. The molecule has 2 amide bonds. The lowest BCUT2D eigenvalue weighted by Crippen LogP contribution is -2.35. The van der Waals surface area contributed by atoms with E-state index in [1.54, 1.807) is 12.1 Å². The van der Waals surface area contributed by atoms with E-state index in [9.17, 15) is 9.59 Å². The van der Waals surface area contributed by atoms with E-state index in [2.05, 4.69) is 15.3 Å². The number of aromatic nitrogens is 2. The molecule has 28 heavy (non-hydrogen) atoms. The summed E-state index contributed by atoms with van der Waals surface area (Å²) in [5.74, 6) is -0.0859.